The van der Waals surface area contributed by atoms with Gasteiger partial charge in [0.05, 0.1) is 10.8 Å². The fraction of sp³-hybridized carbons (Fsp3) is 0.625. The first kappa shape index (κ1) is 16.2. The van der Waals surface area contributed by atoms with E-state index in [0.29, 0.717) is 18.7 Å². The normalized spacial score (nSPS) is 19.6. The molecule has 0 bridgehead atoms. The molecule has 23 heavy (non-hydrogen) atoms. The standard InChI is InChI=1S/C16H22N4O2S/c1-11-9-12(2)18-16(15(11)10-17)20-7-5-13(6-8-20)19-23(21,22)14-3-4-14/h9,13-14,19H,3-8H2,1-2H3. The van der Waals surface area contributed by atoms with E-state index < -0.39 is 10.0 Å². The Morgan fingerprint density at radius 3 is 2.48 bits per heavy atom. The molecule has 1 aromatic heterocycles. The van der Waals surface area contributed by atoms with Gasteiger partial charge in [0.25, 0.3) is 0 Å². The van der Waals surface area contributed by atoms with Gasteiger partial charge in [0.15, 0.2) is 0 Å². The highest BCUT2D eigenvalue weighted by Crippen LogP contribution is 2.29. The Kier molecular flexibility index (Phi) is 4.30. The van der Waals surface area contributed by atoms with Gasteiger partial charge < -0.3 is 4.90 Å². The summed E-state index contributed by atoms with van der Waals surface area (Å²) in [6.45, 7) is 5.27. The molecule has 1 saturated heterocycles. The quantitative estimate of drug-likeness (QED) is 0.904. The number of aryl methyl sites for hydroxylation is 2. The second-order valence-corrected chi connectivity index (χ2v) is 8.51. The molecule has 6 nitrogen and oxygen atoms in total. The Morgan fingerprint density at radius 2 is 1.91 bits per heavy atom. The summed E-state index contributed by atoms with van der Waals surface area (Å²) in [7, 11) is -3.13. The minimum Gasteiger partial charge on any atom is -0.355 e. The number of hydrogen-bond donors (Lipinski definition) is 1. The summed E-state index contributed by atoms with van der Waals surface area (Å²) < 4.78 is 26.9. The van der Waals surface area contributed by atoms with Crippen LogP contribution in [0.15, 0.2) is 6.07 Å². The summed E-state index contributed by atoms with van der Waals surface area (Å²) in [5.41, 5.74) is 2.45. The molecule has 0 atom stereocenters. The fourth-order valence-electron chi connectivity index (χ4n) is 3.10. The van der Waals surface area contributed by atoms with E-state index >= 15 is 0 Å². The topological polar surface area (TPSA) is 86.1 Å². The maximum absolute atomic E-state index is 12.0. The van der Waals surface area contributed by atoms with Gasteiger partial charge in [-0.15, -0.1) is 0 Å². The lowest BCUT2D eigenvalue weighted by molar-refractivity contribution is 0.457. The minimum absolute atomic E-state index is 0.00621. The molecule has 2 fully saturated rings. The van der Waals surface area contributed by atoms with Gasteiger partial charge in [-0.25, -0.2) is 18.1 Å². The summed E-state index contributed by atoms with van der Waals surface area (Å²) in [5.74, 6) is 0.730. The second-order valence-electron chi connectivity index (χ2n) is 6.51. The molecule has 0 spiro atoms. The van der Waals surface area contributed by atoms with E-state index in [1.807, 2.05) is 19.9 Å². The van der Waals surface area contributed by atoms with E-state index in [2.05, 4.69) is 20.7 Å². The fourth-order valence-corrected chi connectivity index (χ4v) is 4.75. The molecule has 7 heteroatoms. The van der Waals surface area contributed by atoms with Crippen molar-refractivity contribution in [2.24, 2.45) is 0 Å². The van der Waals surface area contributed by atoms with Gasteiger partial charge in [-0.2, -0.15) is 5.26 Å². The largest absolute Gasteiger partial charge is 0.355 e. The number of pyridine rings is 1. The third kappa shape index (κ3) is 3.48. The van der Waals surface area contributed by atoms with Crippen molar-refractivity contribution in [1.82, 2.24) is 9.71 Å². The molecule has 3 rings (SSSR count). The van der Waals surface area contributed by atoms with Crippen LogP contribution in [0.25, 0.3) is 0 Å². The Morgan fingerprint density at radius 1 is 1.26 bits per heavy atom. The predicted octanol–water partition coefficient (Wildman–Crippen LogP) is 1.62. The predicted molar refractivity (Wildman–Crippen MR) is 88.7 cm³/mol. The smallest absolute Gasteiger partial charge is 0.214 e. The van der Waals surface area contributed by atoms with Gasteiger partial charge in [-0.3, -0.25) is 0 Å². The van der Waals surface area contributed by atoms with Crippen LogP contribution in [0.3, 0.4) is 0 Å². The van der Waals surface area contributed by atoms with Crippen LogP contribution in [-0.2, 0) is 10.0 Å². The monoisotopic (exact) mass is 334 g/mol. The number of nitrogens with zero attached hydrogens (tertiary/aromatic N) is 3. The molecule has 124 valence electrons. The van der Waals surface area contributed by atoms with Crippen molar-refractivity contribution in [2.45, 2.75) is 50.8 Å². The van der Waals surface area contributed by atoms with E-state index in [1.165, 1.54) is 0 Å². The molecule has 1 aliphatic carbocycles. The molecule has 1 N–H and O–H groups in total. The van der Waals surface area contributed by atoms with Crippen LogP contribution < -0.4 is 9.62 Å². The van der Waals surface area contributed by atoms with Crippen LogP contribution in [-0.4, -0.2) is 37.8 Å². The van der Waals surface area contributed by atoms with Crippen LogP contribution in [0.2, 0.25) is 0 Å². The molecule has 1 aliphatic heterocycles. The Bertz CT molecular complexity index is 742. The van der Waals surface area contributed by atoms with Crippen LogP contribution >= 0.6 is 0 Å². The first-order chi connectivity index (χ1) is 10.9. The highest BCUT2D eigenvalue weighted by atomic mass is 32.2. The zero-order valence-electron chi connectivity index (χ0n) is 13.5. The number of nitriles is 1. The number of anilines is 1. The van der Waals surface area contributed by atoms with Crippen molar-refractivity contribution in [3.8, 4) is 6.07 Å². The Labute approximate surface area is 137 Å². The number of sulfonamides is 1. The van der Waals surface area contributed by atoms with Crippen molar-refractivity contribution >= 4 is 15.8 Å². The van der Waals surface area contributed by atoms with Gasteiger partial charge in [-0.05, 0) is 51.2 Å². The first-order valence-electron chi connectivity index (χ1n) is 8.05. The van der Waals surface area contributed by atoms with E-state index in [1.54, 1.807) is 0 Å². The van der Waals surface area contributed by atoms with Crippen molar-refractivity contribution in [2.75, 3.05) is 18.0 Å². The first-order valence-corrected chi connectivity index (χ1v) is 9.60. The Hall–Kier alpha value is -1.65. The van der Waals surface area contributed by atoms with E-state index in [0.717, 1.165) is 42.8 Å². The third-order valence-electron chi connectivity index (χ3n) is 4.53. The van der Waals surface area contributed by atoms with E-state index in [4.69, 9.17) is 0 Å². The maximum Gasteiger partial charge on any atom is 0.214 e. The molecule has 2 aliphatic rings. The molecule has 0 aromatic carbocycles. The highest BCUT2D eigenvalue weighted by Gasteiger charge is 2.37. The van der Waals surface area contributed by atoms with Gasteiger partial charge in [-0.1, -0.05) is 0 Å². The van der Waals surface area contributed by atoms with Crippen molar-refractivity contribution in [3.05, 3.63) is 22.9 Å². The minimum atomic E-state index is -3.13. The molecule has 0 radical (unpaired) electrons. The second kappa shape index (κ2) is 6.10. The summed E-state index contributed by atoms with van der Waals surface area (Å²) >= 11 is 0. The molecule has 0 unspecified atom stereocenters. The van der Waals surface area contributed by atoms with Crippen LogP contribution in [0.1, 0.15) is 42.5 Å². The van der Waals surface area contributed by atoms with E-state index in [9.17, 15) is 13.7 Å². The van der Waals surface area contributed by atoms with Crippen LogP contribution in [0.5, 0.6) is 0 Å². The third-order valence-corrected chi connectivity index (χ3v) is 6.54. The summed E-state index contributed by atoms with van der Waals surface area (Å²) in [6, 6.07) is 4.15. The zero-order valence-corrected chi connectivity index (χ0v) is 14.4. The number of nitrogens with one attached hydrogen (secondary N) is 1. The van der Waals surface area contributed by atoms with Gasteiger partial charge in [0.1, 0.15) is 11.9 Å². The summed E-state index contributed by atoms with van der Waals surface area (Å²) in [6.07, 6.45) is 3.05. The van der Waals surface area contributed by atoms with Gasteiger partial charge in [0, 0.05) is 24.8 Å². The molecule has 2 heterocycles. The number of rotatable bonds is 4. The molecular formula is C16H22N4O2S. The molecule has 0 amide bonds. The maximum atomic E-state index is 12.0. The van der Waals surface area contributed by atoms with Crippen molar-refractivity contribution in [3.63, 3.8) is 0 Å². The lowest BCUT2D eigenvalue weighted by Gasteiger charge is -2.33. The highest BCUT2D eigenvalue weighted by molar-refractivity contribution is 7.90. The Balaban J connectivity index is 1.69. The van der Waals surface area contributed by atoms with E-state index in [-0.39, 0.29) is 11.3 Å². The molecular weight excluding hydrogens is 312 g/mol. The van der Waals surface area contributed by atoms with Crippen LogP contribution in [0, 0.1) is 25.2 Å². The lowest BCUT2D eigenvalue weighted by Crippen LogP contribution is -2.46. The van der Waals surface area contributed by atoms with Crippen molar-refractivity contribution < 1.29 is 8.42 Å². The average molecular weight is 334 g/mol. The molecule has 1 saturated carbocycles. The van der Waals surface area contributed by atoms with Crippen LogP contribution in [0.4, 0.5) is 5.82 Å². The van der Waals surface area contributed by atoms with Gasteiger partial charge in [0.2, 0.25) is 10.0 Å². The van der Waals surface area contributed by atoms with Gasteiger partial charge >= 0.3 is 0 Å². The summed E-state index contributed by atoms with van der Waals surface area (Å²) in [4.78, 5) is 6.63. The zero-order chi connectivity index (χ0) is 16.6. The number of piperidine rings is 1. The number of hydrogen-bond acceptors (Lipinski definition) is 5. The average Bonchev–Trinajstić information content (AvgIpc) is 3.32. The lowest BCUT2D eigenvalue weighted by atomic mass is 10.0. The SMILES string of the molecule is Cc1cc(C)c(C#N)c(N2CCC(NS(=O)(=O)C3CC3)CC2)n1. The molecule has 1 aromatic rings. The number of aromatic nitrogens is 1. The van der Waals surface area contributed by atoms with Crippen molar-refractivity contribution in [1.29, 1.82) is 5.26 Å². The summed E-state index contributed by atoms with van der Waals surface area (Å²) in [5, 5.41) is 9.21.